The van der Waals surface area contributed by atoms with E-state index < -0.39 is 91.5 Å². The smallest absolute Gasteiger partial charge is 0.149 e. The number of benzene rings is 6. The lowest BCUT2D eigenvalue weighted by Crippen LogP contribution is -2.17. The fourth-order valence-corrected chi connectivity index (χ4v) is 7.72. The van der Waals surface area contributed by atoms with Crippen molar-refractivity contribution in [2.45, 2.75) is 97.9 Å². The van der Waals surface area contributed by atoms with Crippen LogP contribution in [0.3, 0.4) is 0 Å². The molecule has 8 aromatic rings. The lowest BCUT2D eigenvalue weighted by Gasteiger charge is -2.27. The van der Waals surface area contributed by atoms with E-state index in [1.165, 1.54) is 4.57 Å². The van der Waals surface area contributed by atoms with E-state index in [9.17, 15) is 5.11 Å². The summed E-state index contributed by atoms with van der Waals surface area (Å²) >= 11 is 0. The summed E-state index contributed by atoms with van der Waals surface area (Å²) in [6, 6.07) is 39.6. The summed E-state index contributed by atoms with van der Waals surface area (Å²) in [4.78, 5) is 9.96. The first-order chi connectivity index (χ1) is 36.7. The highest BCUT2D eigenvalue weighted by Gasteiger charge is 2.29. The minimum atomic E-state index is -4.15. The first kappa shape index (κ1) is 24.3. The molecule has 4 heteroatoms. The molecular formula is C57H59N3O. The van der Waals surface area contributed by atoms with E-state index >= 15 is 0 Å². The molecule has 0 spiro atoms. The molecule has 8 rings (SSSR count). The lowest BCUT2D eigenvalue weighted by atomic mass is 9.79. The van der Waals surface area contributed by atoms with Crippen molar-refractivity contribution in [3.8, 4) is 67.5 Å². The van der Waals surface area contributed by atoms with Crippen LogP contribution >= 0.6 is 0 Å². The summed E-state index contributed by atoms with van der Waals surface area (Å²) in [6.45, 7) is -15.1. The van der Waals surface area contributed by atoms with Gasteiger partial charge in [0, 0.05) is 54.5 Å². The van der Waals surface area contributed by atoms with E-state index in [2.05, 4.69) is 0 Å². The molecule has 308 valence electrons. The van der Waals surface area contributed by atoms with Crippen molar-refractivity contribution in [1.82, 2.24) is 14.5 Å². The van der Waals surface area contributed by atoms with Crippen molar-refractivity contribution in [2.75, 3.05) is 0 Å². The summed E-state index contributed by atoms with van der Waals surface area (Å²) in [5.41, 5.74) is -4.88. The number of aromatic nitrogens is 3. The molecule has 2 heterocycles. The van der Waals surface area contributed by atoms with Crippen molar-refractivity contribution < 1.29 is 31.2 Å². The van der Waals surface area contributed by atoms with Crippen molar-refractivity contribution in [3.05, 3.63) is 168 Å². The summed E-state index contributed by atoms with van der Waals surface area (Å²) in [5.74, 6) is -3.01. The van der Waals surface area contributed by atoms with Crippen LogP contribution in [-0.2, 0) is 16.2 Å². The summed E-state index contributed by atoms with van der Waals surface area (Å²) in [5, 5.41) is 13.0. The fraction of sp³-hybridized carbons (Fsp3) is 0.263. The van der Waals surface area contributed by atoms with Crippen LogP contribution in [-0.4, -0.2) is 19.6 Å². The number of hydrogen-bond acceptors (Lipinski definition) is 3. The molecule has 0 unspecified atom stereocenters. The second-order valence-electron chi connectivity index (χ2n) is 16.8. The van der Waals surface area contributed by atoms with Crippen molar-refractivity contribution in [1.29, 1.82) is 0 Å². The van der Waals surface area contributed by atoms with E-state index in [0.717, 1.165) is 16.7 Å². The van der Waals surface area contributed by atoms with Gasteiger partial charge in [-0.3, -0.25) is 9.55 Å². The van der Waals surface area contributed by atoms with Crippen LogP contribution in [0.25, 0.3) is 72.7 Å². The van der Waals surface area contributed by atoms with Gasteiger partial charge in [0.15, 0.2) is 0 Å². The number of phenolic OH excluding ortho intramolecular Hbond substituents is 1. The standard InChI is InChI=1S/C57H59N3O/c1-36(2)39-25-26-50(46(32-39)38-21-16-13-17-22-38)60-51-24-18-23-45(52(51)59-54(60)47-34-44(56(6,7)8)35-48(53(47)61)57(9,10)11)41-29-42(31-43(30-41)55(3,4)5)49-33-40(27-28-58-49)37-19-14-12-15-20-37/h12-36,61H,1-11H3/i6D3,7D3,8D3,9D3,10D3,11D3,36D. The van der Waals surface area contributed by atoms with Crippen LogP contribution in [0.15, 0.2) is 146 Å². The van der Waals surface area contributed by atoms with Gasteiger partial charge < -0.3 is 5.11 Å². The largest absolute Gasteiger partial charge is 0.507 e. The highest BCUT2D eigenvalue weighted by atomic mass is 16.3. The Bertz CT molecular complexity index is 3540. The number of nitrogens with zero attached hydrogens (tertiary/aromatic N) is 3. The Kier molecular flexibility index (Phi) is 6.22. The van der Waals surface area contributed by atoms with E-state index in [1.807, 2.05) is 81.4 Å². The molecule has 0 aliphatic carbocycles. The topological polar surface area (TPSA) is 50.9 Å². The highest BCUT2D eigenvalue weighted by Crippen LogP contribution is 2.46. The first-order valence-corrected chi connectivity index (χ1v) is 20.0. The Hall–Kier alpha value is -6.26. The molecule has 4 nitrogen and oxygen atoms in total. The molecule has 0 aliphatic rings. The predicted octanol–water partition coefficient (Wildman–Crippen LogP) is 15.5. The van der Waals surface area contributed by atoms with Gasteiger partial charge in [0.2, 0.25) is 0 Å². The third-order valence-corrected chi connectivity index (χ3v) is 11.0. The van der Waals surface area contributed by atoms with Gasteiger partial charge >= 0.3 is 0 Å². The van der Waals surface area contributed by atoms with Crippen LogP contribution < -0.4 is 0 Å². The number of para-hydroxylation sites is 1. The number of phenols is 1. The number of hydrogen-bond donors (Lipinski definition) is 1. The number of pyridine rings is 1. The maximum atomic E-state index is 13.0. The fourth-order valence-electron chi connectivity index (χ4n) is 7.72. The van der Waals surface area contributed by atoms with Crippen molar-refractivity contribution >= 4 is 11.0 Å². The Balaban J connectivity index is 1.63. The molecule has 2 aromatic heterocycles. The van der Waals surface area contributed by atoms with Crippen molar-refractivity contribution in [2.24, 2.45) is 0 Å². The number of rotatable bonds is 7. The third-order valence-electron chi connectivity index (χ3n) is 11.0. The predicted molar refractivity (Wildman–Crippen MR) is 258 cm³/mol. The van der Waals surface area contributed by atoms with Gasteiger partial charge in [0.25, 0.3) is 0 Å². The monoisotopic (exact) mass is 821 g/mol. The quantitative estimate of drug-likeness (QED) is 0.174. The number of aromatic hydroxyl groups is 1. The molecule has 0 bridgehead atoms. The first-order valence-electron chi connectivity index (χ1n) is 29.5. The maximum Gasteiger partial charge on any atom is 0.149 e. The zero-order valence-electron chi connectivity index (χ0n) is 53.6. The second-order valence-corrected chi connectivity index (χ2v) is 16.8. The molecule has 6 aromatic carbocycles. The molecule has 0 radical (unpaired) electrons. The normalized spacial score (nSPS) is 18.4. The van der Waals surface area contributed by atoms with Crippen LogP contribution in [0.5, 0.6) is 5.75 Å². The van der Waals surface area contributed by atoms with Crippen molar-refractivity contribution in [3.63, 3.8) is 0 Å². The SMILES string of the molecule is [2H]C(C)(C)c1ccc(-n2c(-c3cc(C(C([2H])([2H])[2H])(C([2H])([2H])[2H])C([2H])([2H])[2H])cc(C(C([2H])([2H])[2H])(C([2H])([2H])[2H])C([2H])([2H])[2H])c3O)nc3c(-c4cc(-c5cc(-c6ccccc6)ccn5)cc(C(C)(C)C)c4)cccc32)c(-c2ccccc2)c1. The Morgan fingerprint density at radius 1 is 0.574 bits per heavy atom. The van der Waals surface area contributed by atoms with Crippen LogP contribution in [0.1, 0.15) is 130 Å². The average molecular weight is 821 g/mol. The number of imidazole rings is 1. The Labute approximate surface area is 389 Å². The van der Waals surface area contributed by atoms with Gasteiger partial charge in [-0.1, -0.05) is 167 Å². The molecule has 0 atom stereocenters. The number of fused-ring (bicyclic) bond motifs is 1. The van der Waals surface area contributed by atoms with Gasteiger partial charge in [-0.15, -0.1) is 0 Å². The minimum absolute atomic E-state index is 0.156. The molecule has 0 amide bonds. The third kappa shape index (κ3) is 8.16. The summed E-state index contributed by atoms with van der Waals surface area (Å²) in [6.07, 6.45) is 1.71. The van der Waals surface area contributed by atoms with Gasteiger partial charge in [-0.2, -0.15) is 0 Å². The van der Waals surface area contributed by atoms with Gasteiger partial charge in [0.1, 0.15) is 11.6 Å². The van der Waals surface area contributed by atoms with E-state index in [-0.39, 0.29) is 22.8 Å². The molecule has 61 heavy (non-hydrogen) atoms. The molecule has 0 saturated carbocycles. The minimum Gasteiger partial charge on any atom is -0.507 e. The zero-order valence-corrected chi connectivity index (χ0v) is 34.6. The highest BCUT2D eigenvalue weighted by molar-refractivity contribution is 5.98. The molecule has 0 saturated heterocycles. The summed E-state index contributed by atoms with van der Waals surface area (Å²) in [7, 11) is 0. The molecule has 0 aliphatic heterocycles. The molecule has 1 N–H and O–H groups in total. The Morgan fingerprint density at radius 3 is 1.92 bits per heavy atom. The van der Waals surface area contributed by atoms with Crippen LogP contribution in [0.2, 0.25) is 0 Å². The van der Waals surface area contributed by atoms with E-state index in [4.69, 9.17) is 36.0 Å². The van der Waals surface area contributed by atoms with Gasteiger partial charge in [-0.25, -0.2) is 4.98 Å². The van der Waals surface area contributed by atoms with E-state index in [1.54, 1.807) is 86.8 Å². The van der Waals surface area contributed by atoms with E-state index in [0.29, 0.717) is 45.1 Å². The molecule has 0 fully saturated rings. The van der Waals surface area contributed by atoms with Gasteiger partial charge in [-0.05, 0) is 110 Å². The van der Waals surface area contributed by atoms with Crippen LogP contribution in [0, 0.1) is 0 Å². The maximum absolute atomic E-state index is 13.0. The second kappa shape index (κ2) is 15.6. The lowest BCUT2D eigenvalue weighted by molar-refractivity contribution is 0.446. The Morgan fingerprint density at radius 2 is 1.25 bits per heavy atom. The molecular weight excluding hydrogens is 743 g/mol. The van der Waals surface area contributed by atoms with Crippen LogP contribution in [0.4, 0.5) is 0 Å². The average Bonchev–Trinajstić information content (AvgIpc) is 3.74. The van der Waals surface area contributed by atoms with Gasteiger partial charge in [0.05, 0.1) is 28.0 Å². The summed E-state index contributed by atoms with van der Waals surface area (Å²) < 4.78 is 168. The zero-order chi connectivity index (χ0) is 59.4.